The molecule has 2 heterocycles. The predicted octanol–water partition coefficient (Wildman–Crippen LogP) is 2.41. The molecule has 1 aromatic carbocycles. The summed E-state index contributed by atoms with van der Waals surface area (Å²) in [5.41, 5.74) is -0.0113. The second kappa shape index (κ2) is 5.35. The number of ether oxygens (including phenoxy) is 1. The summed E-state index contributed by atoms with van der Waals surface area (Å²) in [5.74, 6) is 0.712. The molecule has 0 atom stereocenters. The van der Waals surface area contributed by atoms with Gasteiger partial charge in [-0.05, 0) is 32.4 Å². The van der Waals surface area contributed by atoms with E-state index in [1.807, 2.05) is 31.2 Å². The average Bonchev–Trinajstić information content (AvgIpc) is 2.70. The topological polar surface area (TPSA) is 84.4 Å². The number of benzene rings is 1. The molecular formula is C16H16N4O3. The summed E-state index contributed by atoms with van der Waals surface area (Å²) in [7, 11) is 0. The van der Waals surface area contributed by atoms with Crippen molar-refractivity contribution in [2.45, 2.75) is 26.3 Å². The van der Waals surface area contributed by atoms with E-state index in [0.29, 0.717) is 5.75 Å². The zero-order valence-electron chi connectivity index (χ0n) is 13.0. The first-order valence-corrected chi connectivity index (χ1v) is 7.11. The van der Waals surface area contributed by atoms with Gasteiger partial charge >= 0.3 is 6.03 Å². The predicted molar refractivity (Wildman–Crippen MR) is 83.4 cm³/mol. The van der Waals surface area contributed by atoms with E-state index < -0.39 is 11.6 Å². The van der Waals surface area contributed by atoms with Gasteiger partial charge in [0.05, 0.1) is 0 Å². The Morgan fingerprint density at radius 3 is 2.57 bits per heavy atom. The first-order valence-electron chi connectivity index (χ1n) is 7.11. The standard InChI is InChI=1S/C16H16N4O3/c1-10-6-4-5-7-11(10)23-13-8-12(17-9-18-13)20-14(21)16(2,3)19-15(20)22/h4-9H,1-3H3,(H,19,22). The Kier molecular flexibility index (Phi) is 3.48. The van der Waals surface area contributed by atoms with Crippen molar-refractivity contribution < 1.29 is 14.3 Å². The molecule has 0 unspecified atom stereocenters. The third-order valence-electron chi connectivity index (χ3n) is 3.53. The number of para-hydroxylation sites is 1. The van der Waals surface area contributed by atoms with Gasteiger partial charge in [-0.25, -0.2) is 19.7 Å². The van der Waals surface area contributed by atoms with Gasteiger partial charge in [-0.1, -0.05) is 18.2 Å². The Morgan fingerprint density at radius 1 is 1.17 bits per heavy atom. The second-order valence-electron chi connectivity index (χ2n) is 5.78. The molecule has 1 N–H and O–H groups in total. The molecule has 0 bridgehead atoms. The van der Waals surface area contributed by atoms with Crippen LogP contribution in [0.25, 0.3) is 0 Å². The number of imide groups is 1. The number of amides is 3. The van der Waals surface area contributed by atoms with Crippen molar-refractivity contribution >= 4 is 17.8 Å². The highest BCUT2D eigenvalue weighted by molar-refractivity contribution is 6.22. The van der Waals surface area contributed by atoms with Gasteiger partial charge in [-0.3, -0.25) is 4.79 Å². The van der Waals surface area contributed by atoms with Gasteiger partial charge in [0, 0.05) is 6.07 Å². The monoisotopic (exact) mass is 312 g/mol. The number of nitrogens with zero attached hydrogens (tertiary/aromatic N) is 3. The van der Waals surface area contributed by atoms with E-state index in [4.69, 9.17) is 4.74 Å². The smallest absolute Gasteiger partial charge is 0.330 e. The van der Waals surface area contributed by atoms with E-state index in [2.05, 4.69) is 15.3 Å². The lowest BCUT2D eigenvalue weighted by molar-refractivity contribution is -0.121. The number of aromatic nitrogens is 2. The van der Waals surface area contributed by atoms with Crippen LogP contribution in [0.1, 0.15) is 19.4 Å². The Bertz CT molecular complexity index is 788. The van der Waals surface area contributed by atoms with Crippen molar-refractivity contribution in [1.82, 2.24) is 15.3 Å². The Balaban J connectivity index is 1.91. The van der Waals surface area contributed by atoms with Gasteiger partial charge in [0.15, 0.2) is 5.82 Å². The Morgan fingerprint density at radius 2 is 1.91 bits per heavy atom. The number of urea groups is 1. The number of aryl methyl sites for hydroxylation is 1. The van der Waals surface area contributed by atoms with Gasteiger partial charge in [0.1, 0.15) is 17.6 Å². The number of carbonyl (C=O) groups is 2. The van der Waals surface area contributed by atoms with Gasteiger partial charge in [0.2, 0.25) is 5.88 Å². The third-order valence-corrected chi connectivity index (χ3v) is 3.53. The van der Waals surface area contributed by atoms with E-state index >= 15 is 0 Å². The molecule has 0 aliphatic carbocycles. The van der Waals surface area contributed by atoms with Crippen LogP contribution in [-0.4, -0.2) is 27.4 Å². The van der Waals surface area contributed by atoms with E-state index in [1.165, 1.54) is 12.4 Å². The van der Waals surface area contributed by atoms with Crippen molar-refractivity contribution in [2.75, 3.05) is 4.90 Å². The van der Waals surface area contributed by atoms with E-state index in [-0.39, 0.29) is 17.6 Å². The number of carbonyl (C=O) groups excluding carboxylic acids is 2. The lowest BCUT2D eigenvalue weighted by Crippen LogP contribution is -2.40. The molecule has 3 amide bonds. The van der Waals surface area contributed by atoms with Crippen molar-refractivity contribution in [3.05, 3.63) is 42.2 Å². The number of nitrogens with one attached hydrogen (secondary N) is 1. The van der Waals surface area contributed by atoms with E-state index in [9.17, 15) is 9.59 Å². The number of hydrogen-bond acceptors (Lipinski definition) is 5. The van der Waals surface area contributed by atoms with Crippen molar-refractivity contribution in [3.8, 4) is 11.6 Å². The lowest BCUT2D eigenvalue weighted by Gasteiger charge is -2.15. The molecule has 1 fully saturated rings. The number of anilines is 1. The molecule has 7 heteroatoms. The maximum absolute atomic E-state index is 12.3. The molecule has 1 aliphatic heterocycles. The summed E-state index contributed by atoms with van der Waals surface area (Å²) in [6.07, 6.45) is 1.26. The van der Waals surface area contributed by atoms with Crippen LogP contribution in [0.5, 0.6) is 11.6 Å². The molecule has 23 heavy (non-hydrogen) atoms. The maximum Gasteiger partial charge on any atom is 0.330 e. The molecule has 118 valence electrons. The molecule has 2 aromatic rings. The van der Waals surface area contributed by atoms with E-state index in [1.54, 1.807) is 13.8 Å². The highest BCUT2D eigenvalue weighted by Gasteiger charge is 2.45. The van der Waals surface area contributed by atoms with Gasteiger partial charge in [0.25, 0.3) is 5.91 Å². The van der Waals surface area contributed by atoms with Crippen LogP contribution in [-0.2, 0) is 4.79 Å². The summed E-state index contributed by atoms with van der Waals surface area (Å²) >= 11 is 0. The minimum absolute atomic E-state index is 0.177. The average molecular weight is 312 g/mol. The zero-order chi connectivity index (χ0) is 16.6. The fraction of sp³-hybridized carbons (Fsp3) is 0.250. The van der Waals surface area contributed by atoms with Gasteiger partial charge < -0.3 is 10.1 Å². The molecule has 0 spiro atoms. The SMILES string of the molecule is Cc1ccccc1Oc1cc(N2C(=O)NC(C)(C)C2=O)ncn1. The van der Waals surface area contributed by atoms with Crippen LogP contribution < -0.4 is 15.0 Å². The van der Waals surface area contributed by atoms with Crippen LogP contribution >= 0.6 is 0 Å². The normalized spacial score (nSPS) is 16.4. The Labute approximate surface area is 133 Å². The van der Waals surface area contributed by atoms with Crippen LogP contribution in [0, 0.1) is 6.92 Å². The highest BCUT2D eigenvalue weighted by atomic mass is 16.5. The van der Waals surface area contributed by atoms with E-state index in [0.717, 1.165) is 10.5 Å². The second-order valence-corrected chi connectivity index (χ2v) is 5.78. The molecule has 3 rings (SSSR count). The minimum atomic E-state index is -0.959. The fourth-order valence-electron chi connectivity index (χ4n) is 2.25. The Hall–Kier alpha value is -2.96. The molecule has 0 saturated carbocycles. The maximum atomic E-state index is 12.3. The molecule has 7 nitrogen and oxygen atoms in total. The molecule has 0 radical (unpaired) electrons. The zero-order valence-corrected chi connectivity index (χ0v) is 13.0. The van der Waals surface area contributed by atoms with Gasteiger partial charge in [-0.15, -0.1) is 0 Å². The van der Waals surface area contributed by atoms with Crippen LogP contribution in [0.15, 0.2) is 36.7 Å². The highest BCUT2D eigenvalue weighted by Crippen LogP contribution is 2.27. The third kappa shape index (κ3) is 2.73. The van der Waals surface area contributed by atoms with Crippen LogP contribution in [0.2, 0.25) is 0 Å². The largest absolute Gasteiger partial charge is 0.439 e. The van der Waals surface area contributed by atoms with Crippen LogP contribution in [0.3, 0.4) is 0 Å². The summed E-state index contributed by atoms with van der Waals surface area (Å²) in [6, 6.07) is 8.43. The summed E-state index contributed by atoms with van der Waals surface area (Å²) < 4.78 is 5.71. The molecular weight excluding hydrogens is 296 g/mol. The van der Waals surface area contributed by atoms with Crippen LogP contribution in [0.4, 0.5) is 10.6 Å². The molecule has 1 saturated heterocycles. The lowest BCUT2D eigenvalue weighted by atomic mass is 10.1. The minimum Gasteiger partial charge on any atom is -0.439 e. The van der Waals surface area contributed by atoms with Crippen molar-refractivity contribution in [1.29, 1.82) is 0 Å². The number of rotatable bonds is 3. The summed E-state index contributed by atoms with van der Waals surface area (Å²) in [4.78, 5) is 33.3. The van der Waals surface area contributed by atoms with Crippen molar-refractivity contribution in [3.63, 3.8) is 0 Å². The first kappa shape index (κ1) is 15.0. The summed E-state index contributed by atoms with van der Waals surface area (Å²) in [5, 5.41) is 2.61. The van der Waals surface area contributed by atoms with Gasteiger partial charge in [-0.2, -0.15) is 0 Å². The molecule has 1 aliphatic rings. The number of hydrogen-bond donors (Lipinski definition) is 1. The first-order chi connectivity index (χ1) is 10.9. The fourth-order valence-corrected chi connectivity index (χ4v) is 2.25. The quantitative estimate of drug-likeness (QED) is 0.880. The van der Waals surface area contributed by atoms with Crippen molar-refractivity contribution in [2.24, 2.45) is 0 Å². The summed E-state index contributed by atoms with van der Waals surface area (Å²) in [6.45, 7) is 5.19. The molecule has 1 aromatic heterocycles.